The lowest BCUT2D eigenvalue weighted by Crippen LogP contribution is -2.31. The highest BCUT2D eigenvalue weighted by Gasteiger charge is 2.19. The Hall–Kier alpha value is -0.860. The van der Waals surface area contributed by atoms with E-state index in [1.54, 1.807) is 0 Å². The molecule has 1 unspecified atom stereocenters. The minimum absolute atomic E-state index is 0.650. The molecule has 1 atom stereocenters. The quantitative estimate of drug-likeness (QED) is 0.673. The molecule has 0 bridgehead atoms. The summed E-state index contributed by atoms with van der Waals surface area (Å²) >= 11 is 0. The van der Waals surface area contributed by atoms with Crippen LogP contribution in [0.1, 0.15) is 37.7 Å². The van der Waals surface area contributed by atoms with Crippen molar-refractivity contribution in [2.45, 2.75) is 38.1 Å². The van der Waals surface area contributed by atoms with Crippen LogP contribution in [-0.4, -0.2) is 25.7 Å². The summed E-state index contributed by atoms with van der Waals surface area (Å²) in [6.07, 6.45) is 3.95. The van der Waals surface area contributed by atoms with Gasteiger partial charge in [0.1, 0.15) is 0 Å². The van der Waals surface area contributed by atoms with Gasteiger partial charge < -0.3 is 10.6 Å². The van der Waals surface area contributed by atoms with Crippen molar-refractivity contribution < 1.29 is 0 Å². The molecule has 0 heterocycles. The van der Waals surface area contributed by atoms with E-state index in [0.717, 1.165) is 25.7 Å². The average Bonchev–Trinajstić information content (AvgIpc) is 3.19. The molecule has 0 amide bonds. The first-order chi connectivity index (χ1) is 8.40. The molecule has 0 radical (unpaired) electrons. The van der Waals surface area contributed by atoms with Gasteiger partial charge >= 0.3 is 0 Å². The van der Waals surface area contributed by atoms with Gasteiger partial charge in [-0.25, -0.2) is 0 Å². The van der Waals surface area contributed by atoms with Crippen LogP contribution >= 0.6 is 0 Å². The molecule has 1 aromatic carbocycles. The van der Waals surface area contributed by atoms with E-state index in [1.807, 2.05) is 0 Å². The van der Waals surface area contributed by atoms with Gasteiger partial charge in [0.2, 0.25) is 0 Å². The minimum Gasteiger partial charge on any atom is -0.315 e. The molecule has 2 N–H and O–H groups in total. The maximum absolute atomic E-state index is 3.56. The van der Waals surface area contributed by atoms with Crippen molar-refractivity contribution in [3.05, 3.63) is 35.9 Å². The fraction of sp³-hybridized carbons (Fsp3) is 0.600. The Kier molecular flexibility index (Phi) is 5.02. The molecule has 2 heteroatoms. The SMILES string of the molecule is CCC(CNCCNC1CC1)c1ccccc1. The van der Waals surface area contributed by atoms with E-state index < -0.39 is 0 Å². The topological polar surface area (TPSA) is 24.1 Å². The molecule has 0 aliphatic heterocycles. The second-order valence-corrected chi connectivity index (χ2v) is 4.95. The number of rotatable bonds is 8. The fourth-order valence-electron chi connectivity index (χ4n) is 2.15. The summed E-state index contributed by atoms with van der Waals surface area (Å²) in [5.41, 5.74) is 1.46. The Balaban J connectivity index is 1.64. The Bertz CT molecular complexity index is 306. The molecular weight excluding hydrogens is 208 g/mol. The lowest BCUT2D eigenvalue weighted by Gasteiger charge is -2.16. The highest BCUT2D eigenvalue weighted by Crippen LogP contribution is 2.18. The van der Waals surface area contributed by atoms with Crippen LogP contribution in [0.3, 0.4) is 0 Å². The first kappa shape index (κ1) is 12.6. The molecule has 1 aromatic rings. The van der Waals surface area contributed by atoms with Crippen molar-refractivity contribution in [2.24, 2.45) is 0 Å². The summed E-state index contributed by atoms with van der Waals surface area (Å²) < 4.78 is 0. The molecule has 2 nitrogen and oxygen atoms in total. The zero-order chi connectivity index (χ0) is 11.9. The van der Waals surface area contributed by atoms with E-state index in [0.29, 0.717) is 5.92 Å². The van der Waals surface area contributed by atoms with E-state index >= 15 is 0 Å². The maximum atomic E-state index is 3.56. The van der Waals surface area contributed by atoms with Gasteiger partial charge in [-0.2, -0.15) is 0 Å². The normalized spacial score (nSPS) is 17.0. The Morgan fingerprint density at radius 1 is 1.18 bits per heavy atom. The van der Waals surface area contributed by atoms with Crippen LogP contribution in [0.15, 0.2) is 30.3 Å². The van der Waals surface area contributed by atoms with Crippen molar-refractivity contribution in [3.8, 4) is 0 Å². The van der Waals surface area contributed by atoms with Gasteiger partial charge in [0.25, 0.3) is 0 Å². The van der Waals surface area contributed by atoms with Crippen LogP contribution in [-0.2, 0) is 0 Å². The summed E-state index contributed by atoms with van der Waals surface area (Å²) in [4.78, 5) is 0. The molecule has 2 rings (SSSR count). The van der Waals surface area contributed by atoms with Crippen LogP contribution in [0, 0.1) is 0 Å². The van der Waals surface area contributed by atoms with E-state index in [1.165, 1.54) is 24.8 Å². The molecule has 1 aliphatic carbocycles. The molecule has 94 valence electrons. The predicted molar refractivity (Wildman–Crippen MR) is 73.4 cm³/mol. The monoisotopic (exact) mass is 232 g/mol. The molecule has 0 saturated heterocycles. The van der Waals surface area contributed by atoms with E-state index in [4.69, 9.17) is 0 Å². The van der Waals surface area contributed by atoms with E-state index in [2.05, 4.69) is 47.9 Å². The number of benzene rings is 1. The second-order valence-electron chi connectivity index (χ2n) is 4.95. The zero-order valence-electron chi connectivity index (χ0n) is 10.8. The van der Waals surface area contributed by atoms with Gasteiger partial charge in [-0.3, -0.25) is 0 Å². The maximum Gasteiger partial charge on any atom is 0.00793 e. The first-order valence-corrected chi connectivity index (χ1v) is 6.89. The summed E-state index contributed by atoms with van der Waals surface area (Å²) in [6.45, 7) is 5.55. The largest absolute Gasteiger partial charge is 0.315 e. The van der Waals surface area contributed by atoms with Crippen molar-refractivity contribution in [1.82, 2.24) is 10.6 Å². The lowest BCUT2D eigenvalue weighted by atomic mass is 9.96. The standard InChI is InChI=1S/C15H24N2/c1-2-13(14-6-4-3-5-7-14)12-16-10-11-17-15-8-9-15/h3-7,13,15-17H,2,8-12H2,1H3. The van der Waals surface area contributed by atoms with Crippen LogP contribution in [0.2, 0.25) is 0 Å². The third-order valence-corrected chi connectivity index (χ3v) is 3.47. The van der Waals surface area contributed by atoms with Crippen LogP contribution in [0.4, 0.5) is 0 Å². The van der Waals surface area contributed by atoms with Crippen molar-refractivity contribution in [3.63, 3.8) is 0 Å². The molecule has 0 aromatic heterocycles. The van der Waals surface area contributed by atoms with E-state index in [-0.39, 0.29) is 0 Å². The van der Waals surface area contributed by atoms with Crippen LogP contribution in [0.25, 0.3) is 0 Å². The lowest BCUT2D eigenvalue weighted by molar-refractivity contribution is 0.548. The van der Waals surface area contributed by atoms with Gasteiger partial charge in [0.15, 0.2) is 0 Å². The molecule has 0 spiro atoms. The smallest absolute Gasteiger partial charge is 0.00793 e. The first-order valence-electron chi connectivity index (χ1n) is 6.89. The molecule has 1 aliphatic rings. The predicted octanol–water partition coefficient (Wildman–Crippen LogP) is 2.52. The van der Waals surface area contributed by atoms with E-state index in [9.17, 15) is 0 Å². The van der Waals surface area contributed by atoms with Crippen molar-refractivity contribution in [1.29, 1.82) is 0 Å². The van der Waals surface area contributed by atoms with Gasteiger partial charge in [-0.05, 0) is 30.7 Å². The third-order valence-electron chi connectivity index (χ3n) is 3.47. The van der Waals surface area contributed by atoms with Crippen LogP contribution in [0.5, 0.6) is 0 Å². The van der Waals surface area contributed by atoms with Gasteiger partial charge in [0.05, 0.1) is 0 Å². The summed E-state index contributed by atoms with van der Waals surface area (Å²) in [7, 11) is 0. The molecule has 1 saturated carbocycles. The Morgan fingerprint density at radius 2 is 1.94 bits per heavy atom. The number of hydrogen-bond acceptors (Lipinski definition) is 2. The zero-order valence-corrected chi connectivity index (χ0v) is 10.8. The van der Waals surface area contributed by atoms with Crippen molar-refractivity contribution in [2.75, 3.05) is 19.6 Å². The Labute approximate surface area is 105 Å². The second kappa shape index (κ2) is 6.77. The number of hydrogen-bond donors (Lipinski definition) is 2. The molecular formula is C15H24N2. The van der Waals surface area contributed by atoms with Crippen LogP contribution < -0.4 is 10.6 Å². The Morgan fingerprint density at radius 3 is 2.59 bits per heavy atom. The summed E-state index contributed by atoms with van der Waals surface area (Å²) in [5, 5.41) is 7.08. The van der Waals surface area contributed by atoms with Gasteiger partial charge in [0, 0.05) is 25.7 Å². The highest BCUT2D eigenvalue weighted by molar-refractivity contribution is 5.19. The summed E-state index contributed by atoms with van der Waals surface area (Å²) in [6, 6.07) is 11.6. The third kappa shape index (κ3) is 4.49. The van der Waals surface area contributed by atoms with Gasteiger partial charge in [-0.15, -0.1) is 0 Å². The number of nitrogens with one attached hydrogen (secondary N) is 2. The highest BCUT2D eigenvalue weighted by atomic mass is 15.0. The molecule has 17 heavy (non-hydrogen) atoms. The molecule has 1 fully saturated rings. The average molecular weight is 232 g/mol. The minimum atomic E-state index is 0.650. The van der Waals surface area contributed by atoms with Gasteiger partial charge in [-0.1, -0.05) is 37.3 Å². The fourth-order valence-corrected chi connectivity index (χ4v) is 2.15. The van der Waals surface area contributed by atoms with Crippen molar-refractivity contribution >= 4 is 0 Å². The summed E-state index contributed by atoms with van der Waals surface area (Å²) in [5.74, 6) is 0.650.